The number of ether oxygens (including phenoxy) is 1. The Labute approximate surface area is 90.2 Å². The Kier molecular flexibility index (Phi) is 3.59. The van der Waals surface area contributed by atoms with Crippen molar-refractivity contribution in [3.8, 4) is 0 Å². The van der Waals surface area contributed by atoms with E-state index in [1.54, 1.807) is 0 Å². The zero-order valence-corrected chi connectivity index (χ0v) is 9.02. The van der Waals surface area contributed by atoms with Crippen LogP contribution in [-0.4, -0.2) is 48.3 Å². The Hall–Kier alpha value is -0.610. The molecule has 2 rings (SSSR count). The molecule has 0 aromatic heterocycles. The van der Waals surface area contributed by atoms with Crippen molar-refractivity contribution in [1.82, 2.24) is 4.90 Å². The quantitative estimate of drug-likeness (QED) is 0.758. The SMILES string of the molecule is O=C(O)[C@@H]1CCCN1CC1CCCOC1. The van der Waals surface area contributed by atoms with Crippen LogP contribution in [-0.2, 0) is 9.53 Å². The first kappa shape index (κ1) is 10.9. The van der Waals surface area contributed by atoms with Crippen LogP contribution < -0.4 is 0 Å². The fraction of sp³-hybridized carbons (Fsp3) is 0.909. The molecule has 0 radical (unpaired) electrons. The lowest BCUT2D eigenvalue weighted by Crippen LogP contribution is -2.40. The van der Waals surface area contributed by atoms with Crippen LogP contribution in [0.4, 0.5) is 0 Å². The molecule has 2 aliphatic heterocycles. The zero-order chi connectivity index (χ0) is 10.7. The van der Waals surface area contributed by atoms with E-state index in [1.165, 1.54) is 6.42 Å². The van der Waals surface area contributed by atoms with E-state index in [1.807, 2.05) is 0 Å². The van der Waals surface area contributed by atoms with Gasteiger partial charge in [0, 0.05) is 13.2 Å². The van der Waals surface area contributed by atoms with Gasteiger partial charge in [-0.15, -0.1) is 0 Å². The summed E-state index contributed by atoms with van der Waals surface area (Å²) in [6.45, 7) is 3.52. The molecule has 0 aromatic carbocycles. The molecule has 0 aromatic rings. The lowest BCUT2D eigenvalue weighted by molar-refractivity contribution is -0.142. The average molecular weight is 213 g/mol. The van der Waals surface area contributed by atoms with Crippen molar-refractivity contribution >= 4 is 5.97 Å². The molecule has 0 spiro atoms. The van der Waals surface area contributed by atoms with Crippen molar-refractivity contribution in [3.05, 3.63) is 0 Å². The first-order valence-electron chi connectivity index (χ1n) is 5.82. The Morgan fingerprint density at radius 1 is 1.40 bits per heavy atom. The number of nitrogens with zero attached hydrogens (tertiary/aromatic N) is 1. The fourth-order valence-electron chi connectivity index (χ4n) is 2.61. The summed E-state index contributed by atoms with van der Waals surface area (Å²) in [6.07, 6.45) is 4.13. The molecule has 4 nitrogen and oxygen atoms in total. The second kappa shape index (κ2) is 4.94. The molecule has 1 unspecified atom stereocenters. The van der Waals surface area contributed by atoms with E-state index in [0.29, 0.717) is 5.92 Å². The first-order chi connectivity index (χ1) is 7.27. The number of carboxylic acids is 1. The molecule has 2 saturated heterocycles. The summed E-state index contributed by atoms with van der Waals surface area (Å²) >= 11 is 0. The lowest BCUT2D eigenvalue weighted by atomic mass is 10.0. The van der Waals surface area contributed by atoms with E-state index < -0.39 is 5.97 Å². The zero-order valence-electron chi connectivity index (χ0n) is 9.02. The average Bonchev–Trinajstić information content (AvgIpc) is 2.67. The number of hydrogen-bond acceptors (Lipinski definition) is 3. The van der Waals surface area contributed by atoms with Gasteiger partial charge in [0.1, 0.15) is 6.04 Å². The molecule has 2 heterocycles. The predicted molar refractivity (Wildman–Crippen MR) is 55.8 cm³/mol. The minimum atomic E-state index is -0.663. The van der Waals surface area contributed by atoms with Gasteiger partial charge in [-0.25, -0.2) is 0 Å². The monoisotopic (exact) mass is 213 g/mol. The van der Waals surface area contributed by atoms with Crippen LogP contribution >= 0.6 is 0 Å². The van der Waals surface area contributed by atoms with E-state index in [4.69, 9.17) is 9.84 Å². The number of aliphatic carboxylic acids is 1. The third-order valence-electron chi connectivity index (χ3n) is 3.40. The molecule has 15 heavy (non-hydrogen) atoms. The predicted octanol–water partition coefficient (Wildman–Crippen LogP) is 0.962. The van der Waals surface area contributed by atoms with Crippen molar-refractivity contribution in [3.63, 3.8) is 0 Å². The van der Waals surface area contributed by atoms with E-state index in [-0.39, 0.29) is 6.04 Å². The highest BCUT2D eigenvalue weighted by molar-refractivity contribution is 5.73. The maximum absolute atomic E-state index is 11.0. The topological polar surface area (TPSA) is 49.8 Å². The lowest BCUT2D eigenvalue weighted by Gasteiger charge is -2.29. The van der Waals surface area contributed by atoms with Gasteiger partial charge in [-0.2, -0.15) is 0 Å². The first-order valence-corrected chi connectivity index (χ1v) is 5.82. The van der Waals surface area contributed by atoms with Crippen molar-refractivity contribution in [2.45, 2.75) is 31.7 Å². The molecule has 2 fully saturated rings. The Morgan fingerprint density at radius 2 is 2.27 bits per heavy atom. The third-order valence-corrected chi connectivity index (χ3v) is 3.40. The Morgan fingerprint density at radius 3 is 2.93 bits per heavy atom. The van der Waals surface area contributed by atoms with E-state index >= 15 is 0 Å². The van der Waals surface area contributed by atoms with Crippen molar-refractivity contribution in [2.75, 3.05) is 26.3 Å². The van der Waals surface area contributed by atoms with Gasteiger partial charge in [-0.3, -0.25) is 9.69 Å². The fourth-order valence-corrected chi connectivity index (χ4v) is 2.61. The van der Waals surface area contributed by atoms with Crippen LogP contribution in [0.5, 0.6) is 0 Å². The van der Waals surface area contributed by atoms with Crippen LogP contribution in [0.25, 0.3) is 0 Å². The molecule has 0 amide bonds. The van der Waals surface area contributed by atoms with Gasteiger partial charge in [-0.1, -0.05) is 0 Å². The number of carboxylic acid groups (broad SMARTS) is 1. The van der Waals surface area contributed by atoms with E-state index in [9.17, 15) is 4.79 Å². The van der Waals surface area contributed by atoms with Gasteiger partial charge < -0.3 is 9.84 Å². The molecule has 2 aliphatic rings. The minimum Gasteiger partial charge on any atom is -0.480 e. The van der Waals surface area contributed by atoms with Crippen LogP contribution in [0.1, 0.15) is 25.7 Å². The summed E-state index contributed by atoms with van der Waals surface area (Å²) < 4.78 is 5.41. The summed E-state index contributed by atoms with van der Waals surface area (Å²) in [7, 11) is 0. The Balaban J connectivity index is 1.84. The van der Waals surface area contributed by atoms with Gasteiger partial charge in [0.2, 0.25) is 0 Å². The molecule has 86 valence electrons. The Bertz CT molecular complexity index is 226. The van der Waals surface area contributed by atoms with Crippen LogP contribution in [0.2, 0.25) is 0 Å². The van der Waals surface area contributed by atoms with E-state index in [2.05, 4.69) is 4.90 Å². The normalized spacial score (nSPS) is 33.1. The van der Waals surface area contributed by atoms with Gasteiger partial charge in [-0.05, 0) is 38.1 Å². The number of rotatable bonds is 3. The smallest absolute Gasteiger partial charge is 0.320 e. The molecule has 0 bridgehead atoms. The van der Waals surface area contributed by atoms with Gasteiger partial charge in [0.15, 0.2) is 0 Å². The van der Waals surface area contributed by atoms with Crippen molar-refractivity contribution in [2.24, 2.45) is 5.92 Å². The molecule has 1 N–H and O–H groups in total. The van der Waals surface area contributed by atoms with Crippen molar-refractivity contribution < 1.29 is 14.6 Å². The summed E-state index contributed by atoms with van der Waals surface area (Å²) in [5, 5.41) is 9.04. The molecule has 0 aliphatic carbocycles. The summed E-state index contributed by atoms with van der Waals surface area (Å²) in [5.74, 6) is -0.122. The third kappa shape index (κ3) is 2.69. The molecule has 4 heteroatoms. The maximum Gasteiger partial charge on any atom is 0.320 e. The summed E-state index contributed by atoms with van der Waals surface area (Å²) in [6, 6.07) is -0.244. The van der Waals surface area contributed by atoms with Gasteiger partial charge in [0.25, 0.3) is 0 Å². The van der Waals surface area contributed by atoms with Gasteiger partial charge in [0.05, 0.1) is 6.61 Å². The highest BCUT2D eigenvalue weighted by atomic mass is 16.5. The number of hydrogen-bond donors (Lipinski definition) is 1. The van der Waals surface area contributed by atoms with Gasteiger partial charge >= 0.3 is 5.97 Å². The maximum atomic E-state index is 11.0. The van der Waals surface area contributed by atoms with Crippen LogP contribution in [0.3, 0.4) is 0 Å². The second-order valence-electron chi connectivity index (χ2n) is 4.57. The number of likely N-dealkylation sites (tertiary alicyclic amines) is 1. The van der Waals surface area contributed by atoms with Crippen LogP contribution in [0.15, 0.2) is 0 Å². The van der Waals surface area contributed by atoms with E-state index in [0.717, 1.165) is 45.6 Å². The van der Waals surface area contributed by atoms with Crippen LogP contribution in [0, 0.1) is 5.92 Å². The summed E-state index contributed by atoms with van der Waals surface area (Å²) in [5.41, 5.74) is 0. The molecular formula is C11H19NO3. The highest BCUT2D eigenvalue weighted by Crippen LogP contribution is 2.22. The minimum absolute atomic E-state index is 0.244. The molecule has 0 saturated carbocycles. The van der Waals surface area contributed by atoms with Crippen molar-refractivity contribution in [1.29, 1.82) is 0 Å². The summed E-state index contributed by atoms with van der Waals surface area (Å²) in [4.78, 5) is 13.1. The molecule has 2 atom stereocenters. The second-order valence-corrected chi connectivity index (χ2v) is 4.57. The largest absolute Gasteiger partial charge is 0.480 e. The highest BCUT2D eigenvalue weighted by Gasteiger charge is 2.32. The number of carbonyl (C=O) groups is 1. The standard InChI is InChI=1S/C11H19NO3/c13-11(14)10-4-1-5-12(10)7-9-3-2-6-15-8-9/h9-10H,1-8H2,(H,13,14)/t9?,10-/m0/s1. The molecular weight excluding hydrogens is 194 g/mol.